The summed E-state index contributed by atoms with van der Waals surface area (Å²) in [6.45, 7) is 1.17. The Bertz CT molecular complexity index is 528. The third-order valence-corrected chi connectivity index (χ3v) is 1.99. The van der Waals surface area contributed by atoms with Gasteiger partial charge in [0.15, 0.2) is 12.1 Å². The average molecular weight is 218 g/mol. The van der Waals surface area contributed by atoms with Crippen LogP contribution in [-0.2, 0) is 0 Å². The summed E-state index contributed by atoms with van der Waals surface area (Å²) in [7, 11) is 0. The second kappa shape index (κ2) is 4.31. The quantitative estimate of drug-likeness (QED) is 0.331. The number of carbonyl (C=O) groups is 2. The van der Waals surface area contributed by atoms with Crippen molar-refractivity contribution in [1.29, 1.82) is 5.26 Å². The van der Waals surface area contributed by atoms with Crippen LogP contribution in [0.4, 0.5) is 5.69 Å². The lowest BCUT2D eigenvalue weighted by atomic mass is 9.99. The fraction of sp³-hybridized carbons (Fsp3) is 0.100. The Labute approximate surface area is 90.3 Å². The molecular formula is C10H6N2O4. The SMILES string of the molecule is CC(=O)c1cc([N+](=O)[O-])cc(C#N)c1C=O. The van der Waals surface area contributed by atoms with Gasteiger partial charge in [-0.25, -0.2) is 0 Å². The van der Waals surface area contributed by atoms with E-state index < -0.39 is 10.7 Å². The molecule has 0 saturated heterocycles. The summed E-state index contributed by atoms with van der Waals surface area (Å²) in [4.78, 5) is 31.7. The molecule has 0 heterocycles. The summed E-state index contributed by atoms with van der Waals surface area (Å²) < 4.78 is 0. The minimum atomic E-state index is -0.720. The predicted octanol–water partition coefficient (Wildman–Crippen LogP) is 1.48. The molecule has 0 fully saturated rings. The van der Waals surface area contributed by atoms with Crippen LogP contribution in [-0.4, -0.2) is 17.0 Å². The first kappa shape index (κ1) is 11.5. The van der Waals surface area contributed by atoms with E-state index in [-0.39, 0.29) is 22.4 Å². The molecule has 0 saturated carbocycles. The number of non-ortho nitro benzene ring substituents is 1. The van der Waals surface area contributed by atoms with Gasteiger partial charge in [-0.05, 0) is 6.92 Å². The number of rotatable bonds is 3. The summed E-state index contributed by atoms with van der Waals surface area (Å²) in [5.74, 6) is -0.498. The molecule has 6 heteroatoms. The van der Waals surface area contributed by atoms with Crippen molar-refractivity contribution in [2.75, 3.05) is 0 Å². The average Bonchev–Trinajstić information content (AvgIpc) is 2.26. The molecule has 0 unspecified atom stereocenters. The van der Waals surface area contributed by atoms with E-state index in [1.807, 2.05) is 0 Å². The van der Waals surface area contributed by atoms with E-state index in [4.69, 9.17) is 5.26 Å². The number of nitro benzene ring substituents is 1. The standard InChI is InChI=1S/C10H6N2O4/c1-6(14)9-3-8(12(15)16)2-7(4-11)10(9)5-13/h2-3,5H,1H3. The lowest BCUT2D eigenvalue weighted by Crippen LogP contribution is -2.03. The van der Waals surface area contributed by atoms with Gasteiger partial charge in [0.1, 0.15) is 6.07 Å². The second-order valence-electron chi connectivity index (χ2n) is 3.00. The molecule has 16 heavy (non-hydrogen) atoms. The van der Waals surface area contributed by atoms with E-state index in [0.717, 1.165) is 12.1 Å². The van der Waals surface area contributed by atoms with Gasteiger partial charge < -0.3 is 0 Å². The van der Waals surface area contributed by atoms with Crippen molar-refractivity contribution in [3.05, 3.63) is 38.9 Å². The molecule has 0 N–H and O–H groups in total. The van der Waals surface area contributed by atoms with Crippen molar-refractivity contribution in [2.24, 2.45) is 0 Å². The van der Waals surface area contributed by atoms with Gasteiger partial charge in [0.25, 0.3) is 5.69 Å². The number of ketones is 1. The van der Waals surface area contributed by atoms with Crippen molar-refractivity contribution >= 4 is 17.8 Å². The molecular weight excluding hydrogens is 212 g/mol. The van der Waals surface area contributed by atoms with Crippen molar-refractivity contribution in [1.82, 2.24) is 0 Å². The summed E-state index contributed by atoms with van der Waals surface area (Å²) in [6, 6.07) is 3.61. The van der Waals surface area contributed by atoms with Crippen LogP contribution in [0.1, 0.15) is 33.2 Å². The maximum absolute atomic E-state index is 11.2. The largest absolute Gasteiger partial charge is 0.298 e. The van der Waals surface area contributed by atoms with E-state index >= 15 is 0 Å². The molecule has 1 rings (SSSR count). The number of hydrogen-bond acceptors (Lipinski definition) is 5. The highest BCUT2D eigenvalue weighted by Crippen LogP contribution is 2.21. The lowest BCUT2D eigenvalue weighted by Gasteiger charge is -2.02. The number of aldehydes is 1. The molecule has 0 aliphatic carbocycles. The molecule has 0 aliphatic rings. The third-order valence-electron chi connectivity index (χ3n) is 1.99. The molecule has 0 amide bonds. The maximum Gasteiger partial charge on any atom is 0.271 e. The topological polar surface area (TPSA) is 101 Å². The molecule has 1 aromatic rings. The zero-order valence-corrected chi connectivity index (χ0v) is 8.26. The van der Waals surface area contributed by atoms with Gasteiger partial charge >= 0.3 is 0 Å². The summed E-state index contributed by atoms with van der Waals surface area (Å²) in [5, 5.41) is 19.3. The van der Waals surface area contributed by atoms with Crippen LogP contribution in [0.5, 0.6) is 0 Å². The first-order valence-electron chi connectivity index (χ1n) is 4.20. The van der Waals surface area contributed by atoms with Crippen LogP contribution in [0.25, 0.3) is 0 Å². The maximum atomic E-state index is 11.2. The Kier molecular flexibility index (Phi) is 3.11. The molecule has 0 radical (unpaired) electrons. The number of hydrogen-bond donors (Lipinski definition) is 0. The molecule has 80 valence electrons. The molecule has 0 bridgehead atoms. The van der Waals surface area contributed by atoms with E-state index in [1.165, 1.54) is 6.92 Å². The number of Topliss-reactive ketones (excluding diaryl/α,β-unsaturated/α-hetero) is 1. The third kappa shape index (κ3) is 1.93. The number of nitrogens with zero attached hydrogens (tertiary/aromatic N) is 2. The van der Waals surface area contributed by atoms with E-state index in [1.54, 1.807) is 6.07 Å². The van der Waals surface area contributed by atoms with Gasteiger partial charge in [-0.2, -0.15) is 5.26 Å². The number of benzene rings is 1. The number of nitriles is 1. The van der Waals surface area contributed by atoms with Crippen molar-refractivity contribution < 1.29 is 14.5 Å². The first-order valence-corrected chi connectivity index (χ1v) is 4.20. The molecule has 6 nitrogen and oxygen atoms in total. The Morgan fingerprint density at radius 1 is 1.56 bits per heavy atom. The van der Waals surface area contributed by atoms with Gasteiger partial charge in [-0.1, -0.05) is 0 Å². The lowest BCUT2D eigenvalue weighted by molar-refractivity contribution is -0.384. The zero-order valence-electron chi connectivity index (χ0n) is 8.26. The Morgan fingerprint density at radius 2 is 2.19 bits per heavy atom. The monoisotopic (exact) mass is 218 g/mol. The van der Waals surface area contributed by atoms with E-state index in [0.29, 0.717) is 6.29 Å². The molecule has 0 aliphatic heterocycles. The highest BCUT2D eigenvalue weighted by Gasteiger charge is 2.18. The van der Waals surface area contributed by atoms with Crippen LogP contribution in [0.2, 0.25) is 0 Å². The molecule has 0 aromatic heterocycles. The van der Waals surface area contributed by atoms with Crippen LogP contribution in [0, 0.1) is 21.4 Å². The van der Waals surface area contributed by atoms with Gasteiger partial charge in [0, 0.05) is 23.3 Å². The van der Waals surface area contributed by atoms with Gasteiger partial charge in [0.05, 0.1) is 10.5 Å². The van der Waals surface area contributed by atoms with Gasteiger partial charge in [-0.3, -0.25) is 19.7 Å². The molecule has 0 spiro atoms. The summed E-state index contributed by atoms with van der Waals surface area (Å²) in [6.07, 6.45) is 0.346. The van der Waals surface area contributed by atoms with Crippen LogP contribution < -0.4 is 0 Å². The van der Waals surface area contributed by atoms with Gasteiger partial charge in [0.2, 0.25) is 0 Å². The minimum absolute atomic E-state index is 0.110. The van der Waals surface area contributed by atoms with Crippen molar-refractivity contribution in [2.45, 2.75) is 6.92 Å². The first-order chi connectivity index (χ1) is 7.51. The fourth-order valence-corrected chi connectivity index (χ4v) is 1.25. The molecule has 1 aromatic carbocycles. The second-order valence-corrected chi connectivity index (χ2v) is 3.00. The van der Waals surface area contributed by atoms with Crippen LogP contribution in [0.3, 0.4) is 0 Å². The predicted molar refractivity (Wildman–Crippen MR) is 53.2 cm³/mol. The highest BCUT2D eigenvalue weighted by atomic mass is 16.6. The number of nitro groups is 1. The van der Waals surface area contributed by atoms with E-state index in [9.17, 15) is 19.7 Å². The number of carbonyl (C=O) groups excluding carboxylic acids is 2. The highest BCUT2D eigenvalue weighted by molar-refractivity contribution is 6.03. The summed E-state index contributed by atoms with van der Waals surface area (Å²) >= 11 is 0. The summed E-state index contributed by atoms with van der Waals surface area (Å²) in [5.41, 5.74) is -0.775. The van der Waals surface area contributed by atoms with E-state index in [2.05, 4.69) is 0 Å². The van der Waals surface area contributed by atoms with Gasteiger partial charge in [-0.15, -0.1) is 0 Å². The van der Waals surface area contributed by atoms with Crippen LogP contribution in [0.15, 0.2) is 12.1 Å². The fourth-order valence-electron chi connectivity index (χ4n) is 1.25. The normalized spacial score (nSPS) is 9.25. The van der Waals surface area contributed by atoms with Crippen molar-refractivity contribution in [3.63, 3.8) is 0 Å². The smallest absolute Gasteiger partial charge is 0.271 e. The van der Waals surface area contributed by atoms with Crippen LogP contribution >= 0.6 is 0 Å². The molecule has 0 atom stereocenters. The zero-order chi connectivity index (χ0) is 12.3. The Balaban J connectivity index is 3.64. The Morgan fingerprint density at radius 3 is 2.56 bits per heavy atom. The van der Waals surface area contributed by atoms with Crippen molar-refractivity contribution in [3.8, 4) is 6.07 Å². The Hall–Kier alpha value is -2.55. The minimum Gasteiger partial charge on any atom is -0.298 e.